The molecule has 0 amide bonds. The number of aromatic nitrogens is 1. The third-order valence-corrected chi connectivity index (χ3v) is 3.84. The van der Waals surface area contributed by atoms with Crippen LogP contribution in [0.3, 0.4) is 0 Å². The van der Waals surface area contributed by atoms with E-state index in [4.69, 9.17) is 5.11 Å². The largest absolute Gasteiger partial charge is 0.396 e. The Bertz CT molecular complexity index is 299. The Labute approximate surface area is 95.6 Å². The number of thiazole rings is 1. The molecule has 1 unspecified atom stereocenters. The molecule has 1 rings (SSSR count). The lowest BCUT2D eigenvalue weighted by atomic mass is 10.2. The number of nitrogens with one attached hydrogen (secondary N) is 1. The molecule has 0 fully saturated rings. The van der Waals surface area contributed by atoms with Crippen molar-refractivity contribution in [3.63, 3.8) is 0 Å². The summed E-state index contributed by atoms with van der Waals surface area (Å²) in [5.41, 5.74) is 1.14. The van der Waals surface area contributed by atoms with E-state index in [9.17, 15) is 0 Å². The van der Waals surface area contributed by atoms with Gasteiger partial charge in [-0.3, -0.25) is 0 Å². The smallest absolute Gasteiger partial charge is 0.0928 e. The Balaban J connectivity index is 2.56. The van der Waals surface area contributed by atoms with Crippen molar-refractivity contribution in [2.24, 2.45) is 0 Å². The van der Waals surface area contributed by atoms with E-state index in [1.54, 1.807) is 11.3 Å². The molecule has 0 aromatic carbocycles. The SMILES string of the molecule is CCc1nc(C)c(C(C)NCCCO)s1. The van der Waals surface area contributed by atoms with Gasteiger partial charge in [-0.2, -0.15) is 0 Å². The van der Waals surface area contributed by atoms with Gasteiger partial charge in [-0.05, 0) is 33.2 Å². The molecular weight excluding hydrogens is 208 g/mol. The Morgan fingerprint density at radius 3 is 2.80 bits per heavy atom. The highest BCUT2D eigenvalue weighted by atomic mass is 32.1. The zero-order valence-corrected chi connectivity index (χ0v) is 10.5. The van der Waals surface area contributed by atoms with Crippen LogP contribution in [0.25, 0.3) is 0 Å². The van der Waals surface area contributed by atoms with Gasteiger partial charge < -0.3 is 10.4 Å². The summed E-state index contributed by atoms with van der Waals surface area (Å²) in [5.74, 6) is 0. The maximum Gasteiger partial charge on any atom is 0.0928 e. The van der Waals surface area contributed by atoms with E-state index in [0.29, 0.717) is 6.04 Å². The van der Waals surface area contributed by atoms with Gasteiger partial charge >= 0.3 is 0 Å². The van der Waals surface area contributed by atoms with Crippen LogP contribution < -0.4 is 5.32 Å². The second-order valence-electron chi connectivity index (χ2n) is 3.66. The normalized spacial score (nSPS) is 13.1. The van der Waals surface area contributed by atoms with Crippen LogP contribution in [0.15, 0.2) is 0 Å². The first kappa shape index (κ1) is 12.6. The molecule has 0 radical (unpaired) electrons. The number of rotatable bonds is 6. The van der Waals surface area contributed by atoms with Gasteiger partial charge in [0.25, 0.3) is 0 Å². The summed E-state index contributed by atoms with van der Waals surface area (Å²) < 4.78 is 0. The molecule has 0 aliphatic carbocycles. The molecule has 3 nitrogen and oxygen atoms in total. The average Bonchev–Trinajstić information content (AvgIpc) is 2.60. The monoisotopic (exact) mass is 228 g/mol. The van der Waals surface area contributed by atoms with Crippen LogP contribution in [0.5, 0.6) is 0 Å². The van der Waals surface area contributed by atoms with Crippen molar-refractivity contribution in [3.8, 4) is 0 Å². The van der Waals surface area contributed by atoms with Crippen LogP contribution in [-0.4, -0.2) is 23.2 Å². The number of aryl methyl sites for hydroxylation is 2. The zero-order valence-electron chi connectivity index (χ0n) is 9.71. The van der Waals surface area contributed by atoms with Gasteiger partial charge in [0.2, 0.25) is 0 Å². The van der Waals surface area contributed by atoms with Crippen molar-refractivity contribution in [3.05, 3.63) is 15.6 Å². The Hall–Kier alpha value is -0.450. The minimum absolute atomic E-state index is 0.252. The topological polar surface area (TPSA) is 45.2 Å². The molecule has 0 saturated carbocycles. The molecular formula is C11H20N2OS. The molecule has 86 valence electrons. The predicted molar refractivity (Wildman–Crippen MR) is 64.3 cm³/mol. The summed E-state index contributed by atoms with van der Waals surface area (Å²) in [7, 11) is 0. The van der Waals surface area contributed by atoms with Crippen molar-refractivity contribution in [1.82, 2.24) is 10.3 Å². The minimum Gasteiger partial charge on any atom is -0.396 e. The highest BCUT2D eigenvalue weighted by Crippen LogP contribution is 2.25. The van der Waals surface area contributed by atoms with Crippen molar-refractivity contribution in [1.29, 1.82) is 0 Å². The predicted octanol–water partition coefficient (Wildman–Crippen LogP) is 2.05. The molecule has 0 spiro atoms. The lowest BCUT2D eigenvalue weighted by Gasteiger charge is -2.11. The Morgan fingerprint density at radius 1 is 1.53 bits per heavy atom. The van der Waals surface area contributed by atoms with Crippen LogP contribution >= 0.6 is 11.3 Å². The first-order chi connectivity index (χ1) is 7.19. The van der Waals surface area contributed by atoms with E-state index in [0.717, 1.165) is 25.1 Å². The lowest BCUT2D eigenvalue weighted by molar-refractivity contribution is 0.284. The molecule has 0 aliphatic rings. The standard InChI is InChI=1S/C11H20N2OS/c1-4-10-13-9(3)11(15-10)8(2)12-6-5-7-14/h8,12,14H,4-7H2,1-3H3. The molecule has 0 saturated heterocycles. The molecule has 1 heterocycles. The molecule has 2 N–H and O–H groups in total. The lowest BCUT2D eigenvalue weighted by Crippen LogP contribution is -2.20. The van der Waals surface area contributed by atoms with Gasteiger partial charge in [0.15, 0.2) is 0 Å². The van der Waals surface area contributed by atoms with Gasteiger partial charge in [-0.1, -0.05) is 6.92 Å². The van der Waals surface area contributed by atoms with Crippen molar-refractivity contribution in [2.75, 3.05) is 13.2 Å². The molecule has 1 aromatic heterocycles. The Kier molecular flexibility index (Phi) is 5.22. The molecule has 0 bridgehead atoms. The molecule has 1 aromatic rings. The Morgan fingerprint density at radius 2 is 2.27 bits per heavy atom. The molecule has 4 heteroatoms. The molecule has 0 aliphatic heterocycles. The number of hydrogen-bond donors (Lipinski definition) is 2. The minimum atomic E-state index is 0.252. The van der Waals surface area contributed by atoms with Gasteiger partial charge in [0, 0.05) is 17.5 Å². The maximum atomic E-state index is 8.70. The van der Waals surface area contributed by atoms with Crippen LogP contribution in [-0.2, 0) is 6.42 Å². The summed E-state index contributed by atoms with van der Waals surface area (Å²) >= 11 is 1.79. The van der Waals surface area contributed by atoms with Crippen LogP contribution in [0.1, 0.15) is 41.9 Å². The molecule has 15 heavy (non-hydrogen) atoms. The summed E-state index contributed by atoms with van der Waals surface area (Å²) in [5, 5.41) is 13.3. The highest BCUT2D eigenvalue weighted by molar-refractivity contribution is 7.11. The second kappa shape index (κ2) is 6.20. The van der Waals surface area contributed by atoms with Crippen LogP contribution in [0, 0.1) is 6.92 Å². The first-order valence-electron chi connectivity index (χ1n) is 5.49. The zero-order chi connectivity index (χ0) is 11.3. The number of aliphatic hydroxyl groups is 1. The molecule has 1 atom stereocenters. The summed E-state index contributed by atoms with van der Waals surface area (Å²) in [6.07, 6.45) is 1.82. The van der Waals surface area contributed by atoms with Gasteiger partial charge in [0.05, 0.1) is 10.7 Å². The van der Waals surface area contributed by atoms with E-state index in [-0.39, 0.29) is 6.61 Å². The maximum absolute atomic E-state index is 8.70. The van der Waals surface area contributed by atoms with E-state index < -0.39 is 0 Å². The number of aliphatic hydroxyl groups excluding tert-OH is 1. The van der Waals surface area contributed by atoms with Crippen LogP contribution in [0.4, 0.5) is 0 Å². The third-order valence-electron chi connectivity index (χ3n) is 2.36. The fourth-order valence-electron chi connectivity index (χ4n) is 1.51. The average molecular weight is 228 g/mol. The van der Waals surface area contributed by atoms with E-state index in [1.807, 2.05) is 0 Å². The van der Waals surface area contributed by atoms with E-state index in [2.05, 4.69) is 31.1 Å². The summed E-state index contributed by atoms with van der Waals surface area (Å²) in [6.45, 7) is 7.45. The van der Waals surface area contributed by atoms with E-state index >= 15 is 0 Å². The van der Waals surface area contributed by atoms with Crippen molar-refractivity contribution < 1.29 is 5.11 Å². The first-order valence-corrected chi connectivity index (χ1v) is 6.31. The number of nitrogens with zero attached hydrogens (tertiary/aromatic N) is 1. The van der Waals surface area contributed by atoms with Crippen molar-refractivity contribution in [2.45, 2.75) is 39.7 Å². The fraction of sp³-hybridized carbons (Fsp3) is 0.727. The summed E-state index contributed by atoms with van der Waals surface area (Å²) in [6, 6.07) is 0.342. The number of hydrogen-bond acceptors (Lipinski definition) is 4. The van der Waals surface area contributed by atoms with Crippen molar-refractivity contribution >= 4 is 11.3 Å². The van der Waals surface area contributed by atoms with Crippen LogP contribution in [0.2, 0.25) is 0 Å². The van der Waals surface area contributed by atoms with Gasteiger partial charge in [-0.15, -0.1) is 11.3 Å². The van der Waals surface area contributed by atoms with E-state index in [1.165, 1.54) is 9.88 Å². The quantitative estimate of drug-likeness (QED) is 0.732. The second-order valence-corrected chi connectivity index (χ2v) is 4.78. The fourth-order valence-corrected chi connectivity index (χ4v) is 2.54. The summed E-state index contributed by atoms with van der Waals surface area (Å²) in [4.78, 5) is 5.83. The van der Waals surface area contributed by atoms with Gasteiger partial charge in [-0.25, -0.2) is 4.98 Å². The third kappa shape index (κ3) is 3.55. The van der Waals surface area contributed by atoms with Gasteiger partial charge in [0.1, 0.15) is 0 Å². The highest BCUT2D eigenvalue weighted by Gasteiger charge is 2.12.